The fourth-order valence-electron chi connectivity index (χ4n) is 1.78. The van der Waals surface area contributed by atoms with Crippen LogP contribution in [0.4, 0.5) is 4.79 Å². The quantitative estimate of drug-likeness (QED) is 0.823. The van der Waals surface area contributed by atoms with E-state index in [1.807, 2.05) is 13.8 Å². The molecule has 1 aliphatic heterocycles. The van der Waals surface area contributed by atoms with E-state index in [0.29, 0.717) is 6.42 Å². The lowest BCUT2D eigenvalue weighted by molar-refractivity contribution is -0.125. The summed E-state index contributed by atoms with van der Waals surface area (Å²) in [5.41, 5.74) is -0.669. The lowest BCUT2D eigenvalue weighted by Crippen LogP contribution is -2.44. The summed E-state index contributed by atoms with van der Waals surface area (Å²) in [6.45, 7) is 9.12. The van der Waals surface area contributed by atoms with Crippen LogP contribution in [0.5, 0.6) is 0 Å². The van der Waals surface area contributed by atoms with Crippen LogP contribution in [0.15, 0.2) is 11.8 Å². The largest absolute Gasteiger partial charge is 0.510 e. The van der Waals surface area contributed by atoms with Gasteiger partial charge in [0.1, 0.15) is 17.4 Å². The van der Waals surface area contributed by atoms with Gasteiger partial charge < -0.3 is 9.84 Å². The van der Waals surface area contributed by atoms with E-state index >= 15 is 0 Å². The predicted octanol–water partition coefficient (Wildman–Crippen LogP) is 2.62. The van der Waals surface area contributed by atoms with Crippen molar-refractivity contribution in [2.45, 2.75) is 52.7 Å². The Morgan fingerprint density at radius 1 is 1.50 bits per heavy atom. The zero-order chi connectivity index (χ0) is 14.1. The fourth-order valence-corrected chi connectivity index (χ4v) is 1.78. The third-order valence-electron chi connectivity index (χ3n) is 2.45. The molecule has 0 saturated heterocycles. The summed E-state index contributed by atoms with van der Waals surface area (Å²) in [6.07, 6.45) is 0.892. The fraction of sp³-hybridized carbons (Fsp3) is 0.692. The maximum absolute atomic E-state index is 11.9. The highest BCUT2D eigenvalue weighted by atomic mass is 16.6. The van der Waals surface area contributed by atoms with Crippen molar-refractivity contribution in [2.24, 2.45) is 5.92 Å². The molecule has 0 spiro atoms. The Hall–Kier alpha value is -1.52. The minimum absolute atomic E-state index is 0.0699. The zero-order valence-corrected chi connectivity index (χ0v) is 11.6. The number of imide groups is 1. The van der Waals surface area contributed by atoms with E-state index in [1.54, 1.807) is 20.8 Å². The number of aliphatic hydroxyl groups is 1. The van der Waals surface area contributed by atoms with Gasteiger partial charge in [0.05, 0.1) is 0 Å². The van der Waals surface area contributed by atoms with Crippen LogP contribution in [0.3, 0.4) is 0 Å². The number of rotatable bonds is 2. The maximum Gasteiger partial charge on any atom is 0.418 e. The van der Waals surface area contributed by atoms with Gasteiger partial charge in [0.2, 0.25) is 0 Å². The molecule has 0 aromatic heterocycles. The van der Waals surface area contributed by atoms with E-state index in [-0.39, 0.29) is 11.7 Å². The molecule has 1 heterocycles. The van der Waals surface area contributed by atoms with Crippen molar-refractivity contribution < 1.29 is 19.4 Å². The molecule has 102 valence electrons. The molecule has 2 amide bonds. The summed E-state index contributed by atoms with van der Waals surface area (Å²) in [7, 11) is 0. The molecule has 18 heavy (non-hydrogen) atoms. The van der Waals surface area contributed by atoms with Gasteiger partial charge in [0.15, 0.2) is 0 Å². The van der Waals surface area contributed by atoms with Gasteiger partial charge in [-0.1, -0.05) is 13.8 Å². The molecule has 1 atom stereocenters. The smallest absolute Gasteiger partial charge is 0.418 e. The molecule has 0 saturated carbocycles. The Morgan fingerprint density at radius 3 is 2.50 bits per heavy atom. The molecule has 1 rings (SSSR count). The molecule has 0 aromatic rings. The van der Waals surface area contributed by atoms with Crippen LogP contribution in [-0.2, 0) is 9.53 Å². The van der Waals surface area contributed by atoms with Crippen LogP contribution in [0.2, 0.25) is 0 Å². The highest BCUT2D eigenvalue weighted by Gasteiger charge is 2.39. The minimum Gasteiger partial charge on any atom is -0.510 e. The SMILES string of the molecule is CC(C)CC1C(O)=CC(=O)N1C(=O)OC(C)(C)C. The van der Waals surface area contributed by atoms with Gasteiger partial charge in [-0.05, 0) is 33.1 Å². The number of aliphatic hydroxyl groups excluding tert-OH is 1. The third kappa shape index (κ3) is 3.48. The first-order valence-electron chi connectivity index (χ1n) is 6.08. The van der Waals surface area contributed by atoms with Crippen LogP contribution >= 0.6 is 0 Å². The van der Waals surface area contributed by atoms with Crippen LogP contribution in [0.25, 0.3) is 0 Å². The monoisotopic (exact) mass is 255 g/mol. The Bertz CT molecular complexity index is 379. The summed E-state index contributed by atoms with van der Waals surface area (Å²) in [5, 5.41) is 9.72. The minimum atomic E-state index is -0.710. The first kappa shape index (κ1) is 14.5. The standard InChI is InChI=1S/C13H21NO4/c1-8(2)6-9-10(15)7-11(16)14(9)12(17)18-13(3,4)5/h7-9,15H,6H2,1-5H3. The van der Waals surface area contributed by atoms with Crippen LogP contribution < -0.4 is 0 Å². The van der Waals surface area contributed by atoms with E-state index in [9.17, 15) is 14.7 Å². The predicted molar refractivity (Wildman–Crippen MR) is 67.0 cm³/mol. The molecule has 1 aliphatic rings. The van der Waals surface area contributed by atoms with Crippen molar-refractivity contribution >= 4 is 12.0 Å². The summed E-state index contributed by atoms with van der Waals surface area (Å²) in [4.78, 5) is 24.6. The van der Waals surface area contributed by atoms with Gasteiger partial charge in [-0.3, -0.25) is 4.79 Å². The molecule has 0 radical (unpaired) electrons. The molecule has 1 N–H and O–H groups in total. The van der Waals surface area contributed by atoms with Crippen LogP contribution in [0, 0.1) is 5.92 Å². The normalized spacial score (nSPS) is 20.3. The Kier molecular flexibility index (Phi) is 4.04. The molecule has 0 aliphatic carbocycles. The average molecular weight is 255 g/mol. The van der Waals surface area contributed by atoms with Gasteiger partial charge in [0, 0.05) is 6.08 Å². The topological polar surface area (TPSA) is 66.8 Å². The first-order valence-corrected chi connectivity index (χ1v) is 6.08. The van der Waals surface area contributed by atoms with Crippen LogP contribution in [0.1, 0.15) is 41.0 Å². The van der Waals surface area contributed by atoms with Gasteiger partial charge in [0.25, 0.3) is 5.91 Å². The number of nitrogens with zero attached hydrogens (tertiary/aromatic N) is 1. The zero-order valence-electron chi connectivity index (χ0n) is 11.6. The van der Waals surface area contributed by atoms with E-state index in [0.717, 1.165) is 11.0 Å². The second-order valence-electron chi connectivity index (χ2n) is 5.90. The maximum atomic E-state index is 11.9. The molecule has 5 nitrogen and oxygen atoms in total. The Balaban J connectivity index is 2.85. The molecular weight excluding hydrogens is 234 g/mol. The van der Waals surface area contributed by atoms with Crippen molar-refractivity contribution in [1.29, 1.82) is 0 Å². The second kappa shape index (κ2) is 5.00. The van der Waals surface area contributed by atoms with E-state index in [4.69, 9.17) is 4.74 Å². The van der Waals surface area contributed by atoms with E-state index < -0.39 is 23.6 Å². The lowest BCUT2D eigenvalue weighted by Gasteiger charge is -2.28. The third-order valence-corrected chi connectivity index (χ3v) is 2.45. The molecule has 1 unspecified atom stereocenters. The second-order valence-corrected chi connectivity index (χ2v) is 5.90. The van der Waals surface area contributed by atoms with Crippen LogP contribution in [-0.4, -0.2) is 33.6 Å². The molecule has 0 aromatic carbocycles. The Labute approximate surface area is 107 Å². The van der Waals surface area contributed by atoms with Gasteiger partial charge >= 0.3 is 6.09 Å². The van der Waals surface area contributed by atoms with E-state index in [1.165, 1.54) is 0 Å². The van der Waals surface area contributed by atoms with E-state index in [2.05, 4.69) is 0 Å². The number of ether oxygens (including phenoxy) is 1. The number of carbonyl (C=O) groups excluding carboxylic acids is 2. The number of amides is 2. The lowest BCUT2D eigenvalue weighted by atomic mass is 10.0. The van der Waals surface area contributed by atoms with Crippen molar-refractivity contribution in [3.05, 3.63) is 11.8 Å². The summed E-state index contributed by atoms with van der Waals surface area (Å²) in [5.74, 6) is -0.339. The van der Waals surface area contributed by atoms with Gasteiger partial charge in [-0.2, -0.15) is 0 Å². The average Bonchev–Trinajstić information content (AvgIpc) is 2.37. The first-order chi connectivity index (χ1) is 8.11. The summed E-state index contributed by atoms with van der Waals surface area (Å²) >= 11 is 0. The van der Waals surface area contributed by atoms with Crippen molar-refractivity contribution in [3.63, 3.8) is 0 Å². The Morgan fingerprint density at radius 2 is 2.06 bits per heavy atom. The highest BCUT2D eigenvalue weighted by molar-refractivity contribution is 6.02. The molecule has 0 bridgehead atoms. The number of carbonyl (C=O) groups is 2. The molecule has 0 fully saturated rings. The highest BCUT2D eigenvalue weighted by Crippen LogP contribution is 2.25. The van der Waals surface area contributed by atoms with Gasteiger partial charge in [-0.25, -0.2) is 9.69 Å². The molecular formula is C13H21NO4. The van der Waals surface area contributed by atoms with Crippen molar-refractivity contribution in [1.82, 2.24) is 4.90 Å². The number of hydrogen-bond donors (Lipinski definition) is 1. The van der Waals surface area contributed by atoms with Crippen molar-refractivity contribution in [2.75, 3.05) is 0 Å². The number of hydrogen-bond acceptors (Lipinski definition) is 4. The van der Waals surface area contributed by atoms with Crippen molar-refractivity contribution in [3.8, 4) is 0 Å². The summed E-state index contributed by atoms with van der Waals surface area (Å²) < 4.78 is 5.17. The summed E-state index contributed by atoms with van der Waals surface area (Å²) in [6, 6.07) is -0.604. The molecule has 5 heteroatoms. The van der Waals surface area contributed by atoms with Gasteiger partial charge in [-0.15, -0.1) is 0 Å².